The van der Waals surface area contributed by atoms with E-state index in [0.29, 0.717) is 11.5 Å². The molecule has 0 bridgehead atoms. The average Bonchev–Trinajstić information content (AvgIpc) is 2.32. The zero-order valence-electron chi connectivity index (χ0n) is 8.41. The first-order chi connectivity index (χ1) is 7.45. The standard InChI is InChI=1S/C12H10O3.BrH/c1-3-7-11(8-4-1)13-15-14-12-9-5-2-6-10-12;/h1-10H;1H. The molecule has 2 aromatic rings. The molecule has 0 amide bonds. The second kappa shape index (κ2) is 6.87. The topological polar surface area (TPSA) is 27.7 Å². The Morgan fingerprint density at radius 1 is 0.562 bits per heavy atom. The SMILES string of the molecule is Br.c1ccc(OOOc2ccccc2)cc1. The van der Waals surface area contributed by atoms with E-state index in [-0.39, 0.29) is 17.0 Å². The van der Waals surface area contributed by atoms with Crippen molar-refractivity contribution < 1.29 is 14.8 Å². The van der Waals surface area contributed by atoms with Gasteiger partial charge in [0, 0.05) is 5.04 Å². The second-order valence-corrected chi connectivity index (χ2v) is 2.86. The summed E-state index contributed by atoms with van der Waals surface area (Å²) in [6, 6.07) is 18.3. The number of hydrogen-bond donors (Lipinski definition) is 0. The van der Waals surface area contributed by atoms with Crippen molar-refractivity contribution in [2.75, 3.05) is 0 Å². The summed E-state index contributed by atoms with van der Waals surface area (Å²) in [4.78, 5) is 9.78. The third kappa shape index (κ3) is 3.92. The van der Waals surface area contributed by atoms with Gasteiger partial charge in [0.2, 0.25) is 0 Å². The fourth-order valence-electron chi connectivity index (χ4n) is 1.05. The lowest BCUT2D eigenvalue weighted by Crippen LogP contribution is -2.01. The Morgan fingerprint density at radius 3 is 1.31 bits per heavy atom. The Morgan fingerprint density at radius 2 is 0.938 bits per heavy atom. The van der Waals surface area contributed by atoms with E-state index in [4.69, 9.17) is 9.78 Å². The maximum atomic E-state index is 4.89. The van der Waals surface area contributed by atoms with E-state index in [1.165, 1.54) is 0 Å². The third-order valence-corrected chi connectivity index (χ3v) is 1.75. The Kier molecular flexibility index (Phi) is 5.39. The van der Waals surface area contributed by atoms with Crippen molar-refractivity contribution in [1.82, 2.24) is 0 Å². The van der Waals surface area contributed by atoms with Crippen molar-refractivity contribution in [3.05, 3.63) is 60.7 Å². The monoisotopic (exact) mass is 282 g/mol. The maximum absolute atomic E-state index is 4.89. The van der Waals surface area contributed by atoms with Crippen LogP contribution < -0.4 is 9.78 Å². The van der Waals surface area contributed by atoms with Crippen molar-refractivity contribution in [3.63, 3.8) is 0 Å². The molecule has 0 atom stereocenters. The highest BCUT2D eigenvalue weighted by atomic mass is 79.9. The molecule has 16 heavy (non-hydrogen) atoms. The molecule has 0 unspecified atom stereocenters. The molecule has 3 nitrogen and oxygen atoms in total. The number of hydrogen-bond acceptors (Lipinski definition) is 3. The third-order valence-electron chi connectivity index (χ3n) is 1.75. The molecule has 2 rings (SSSR count). The molecular weight excluding hydrogens is 272 g/mol. The first-order valence-electron chi connectivity index (χ1n) is 4.56. The van der Waals surface area contributed by atoms with E-state index < -0.39 is 0 Å². The molecule has 0 radical (unpaired) electrons. The predicted octanol–water partition coefficient (Wildman–Crippen LogP) is 3.57. The molecule has 0 fully saturated rings. The lowest BCUT2D eigenvalue weighted by molar-refractivity contribution is -0.411. The van der Waals surface area contributed by atoms with Crippen LogP contribution in [0.15, 0.2) is 60.7 Å². The van der Waals surface area contributed by atoms with Crippen molar-refractivity contribution >= 4 is 17.0 Å². The molecule has 0 spiro atoms. The normalized spacial score (nSPS) is 9.00. The van der Waals surface area contributed by atoms with E-state index in [2.05, 4.69) is 5.04 Å². The van der Waals surface area contributed by atoms with Gasteiger partial charge in [-0.15, -0.1) is 17.0 Å². The summed E-state index contributed by atoms with van der Waals surface area (Å²) in [7, 11) is 0. The largest absolute Gasteiger partial charge is 0.299 e. The fraction of sp³-hybridized carbons (Fsp3) is 0. The number of para-hydroxylation sites is 2. The molecule has 0 saturated heterocycles. The molecule has 0 N–H and O–H groups in total. The van der Waals surface area contributed by atoms with Crippen LogP contribution in [-0.2, 0) is 5.04 Å². The molecule has 4 heteroatoms. The van der Waals surface area contributed by atoms with Gasteiger partial charge in [-0.1, -0.05) is 36.4 Å². The van der Waals surface area contributed by atoms with Gasteiger partial charge < -0.3 is 0 Å². The molecule has 0 aliphatic rings. The highest BCUT2D eigenvalue weighted by Crippen LogP contribution is 2.12. The van der Waals surface area contributed by atoms with Crippen molar-refractivity contribution in [2.24, 2.45) is 0 Å². The van der Waals surface area contributed by atoms with Gasteiger partial charge in [0.25, 0.3) is 0 Å². The first kappa shape index (κ1) is 12.5. The number of rotatable bonds is 4. The summed E-state index contributed by atoms with van der Waals surface area (Å²) in [5.74, 6) is 1.18. The van der Waals surface area contributed by atoms with Gasteiger partial charge in [-0.2, -0.15) is 0 Å². The molecule has 0 aliphatic carbocycles. The van der Waals surface area contributed by atoms with Crippen molar-refractivity contribution in [3.8, 4) is 11.5 Å². The zero-order chi connectivity index (χ0) is 10.3. The molecule has 0 heterocycles. The molecule has 0 aliphatic heterocycles. The predicted molar refractivity (Wildman–Crippen MR) is 65.5 cm³/mol. The Balaban J connectivity index is 0.00000128. The van der Waals surface area contributed by atoms with Crippen LogP contribution >= 0.6 is 17.0 Å². The highest BCUT2D eigenvalue weighted by molar-refractivity contribution is 8.93. The van der Waals surface area contributed by atoms with Crippen LogP contribution in [0.4, 0.5) is 0 Å². The average molecular weight is 283 g/mol. The van der Waals surface area contributed by atoms with Crippen LogP contribution in [0.1, 0.15) is 0 Å². The quantitative estimate of drug-likeness (QED) is 0.634. The van der Waals surface area contributed by atoms with Crippen LogP contribution in [0.3, 0.4) is 0 Å². The van der Waals surface area contributed by atoms with Crippen molar-refractivity contribution in [2.45, 2.75) is 0 Å². The molecule has 2 aromatic carbocycles. The Labute approximate surface area is 104 Å². The lowest BCUT2D eigenvalue weighted by Gasteiger charge is -2.03. The molecule has 84 valence electrons. The van der Waals surface area contributed by atoms with Gasteiger partial charge in [-0.05, 0) is 24.3 Å². The van der Waals surface area contributed by atoms with Gasteiger partial charge in [0.1, 0.15) is 0 Å². The molecule has 0 aromatic heterocycles. The van der Waals surface area contributed by atoms with Gasteiger partial charge in [-0.3, -0.25) is 9.78 Å². The van der Waals surface area contributed by atoms with Crippen LogP contribution in [0, 0.1) is 0 Å². The minimum atomic E-state index is 0. The van der Waals surface area contributed by atoms with Gasteiger partial charge in [-0.25, -0.2) is 0 Å². The van der Waals surface area contributed by atoms with Gasteiger partial charge >= 0.3 is 0 Å². The van der Waals surface area contributed by atoms with E-state index in [9.17, 15) is 0 Å². The minimum absolute atomic E-state index is 0. The second-order valence-electron chi connectivity index (χ2n) is 2.86. The zero-order valence-corrected chi connectivity index (χ0v) is 10.1. The van der Waals surface area contributed by atoms with Crippen LogP contribution in [0.25, 0.3) is 0 Å². The number of halogens is 1. The van der Waals surface area contributed by atoms with Crippen LogP contribution in [0.5, 0.6) is 11.5 Å². The van der Waals surface area contributed by atoms with Gasteiger partial charge in [0.05, 0.1) is 0 Å². The van der Waals surface area contributed by atoms with E-state index in [1.54, 1.807) is 24.3 Å². The van der Waals surface area contributed by atoms with Crippen LogP contribution in [-0.4, -0.2) is 0 Å². The highest BCUT2D eigenvalue weighted by Gasteiger charge is 1.95. The lowest BCUT2D eigenvalue weighted by atomic mass is 10.3. The summed E-state index contributed by atoms with van der Waals surface area (Å²) in [5.41, 5.74) is 0. The Hall–Kier alpha value is -1.52. The van der Waals surface area contributed by atoms with Gasteiger partial charge in [0.15, 0.2) is 11.5 Å². The van der Waals surface area contributed by atoms with Crippen LogP contribution in [0.2, 0.25) is 0 Å². The van der Waals surface area contributed by atoms with E-state index in [1.807, 2.05) is 36.4 Å². The van der Waals surface area contributed by atoms with E-state index >= 15 is 0 Å². The van der Waals surface area contributed by atoms with Crippen molar-refractivity contribution in [1.29, 1.82) is 0 Å². The molecule has 0 saturated carbocycles. The fourth-order valence-corrected chi connectivity index (χ4v) is 1.05. The summed E-state index contributed by atoms with van der Waals surface area (Å²) in [5, 5.41) is 4.61. The summed E-state index contributed by atoms with van der Waals surface area (Å²) in [6.07, 6.45) is 0. The molecular formula is C12H11BrO3. The summed E-state index contributed by atoms with van der Waals surface area (Å²) in [6.45, 7) is 0. The maximum Gasteiger partial charge on any atom is 0.169 e. The van der Waals surface area contributed by atoms with E-state index in [0.717, 1.165) is 0 Å². The smallest absolute Gasteiger partial charge is 0.169 e. The number of benzene rings is 2. The Bertz CT molecular complexity index is 352. The first-order valence-corrected chi connectivity index (χ1v) is 4.56. The minimum Gasteiger partial charge on any atom is -0.299 e. The summed E-state index contributed by atoms with van der Waals surface area (Å²) >= 11 is 0. The summed E-state index contributed by atoms with van der Waals surface area (Å²) < 4.78 is 0.